The Bertz CT molecular complexity index is 527. The number of rotatable bonds is 7. The van der Waals surface area contributed by atoms with Crippen molar-refractivity contribution in [3.05, 3.63) is 34.3 Å². The number of carbonyl (C=O) groups is 2. The first kappa shape index (κ1) is 17.5. The highest BCUT2D eigenvalue weighted by molar-refractivity contribution is 6.31. The van der Waals surface area contributed by atoms with Gasteiger partial charge in [-0.25, -0.2) is 0 Å². The Morgan fingerprint density at radius 1 is 1.33 bits per heavy atom. The van der Waals surface area contributed by atoms with Gasteiger partial charge in [0.05, 0.1) is 6.61 Å². The molecule has 1 atom stereocenters. The molecule has 1 rings (SSSR count). The highest BCUT2D eigenvalue weighted by Crippen LogP contribution is 2.34. The number of ether oxygens (including phenoxy) is 1. The van der Waals surface area contributed by atoms with E-state index in [-0.39, 0.29) is 19.4 Å². The standard InChI is InChI=1S/C16H21ClO4/c1-4-8-16(14(18)19,15(20)21-5-2)10-12-7-6-11(3)9-13(12)17/h6-7,9H,4-5,8,10H2,1-3H3,(H,18,19). The average molecular weight is 313 g/mol. The molecule has 1 aromatic rings. The van der Waals surface area contributed by atoms with Crippen LogP contribution in [0.4, 0.5) is 0 Å². The van der Waals surface area contributed by atoms with Gasteiger partial charge in [0.2, 0.25) is 0 Å². The summed E-state index contributed by atoms with van der Waals surface area (Å²) in [4.78, 5) is 24.0. The molecule has 0 bridgehead atoms. The second kappa shape index (κ2) is 7.46. The topological polar surface area (TPSA) is 63.6 Å². The molecule has 116 valence electrons. The normalized spacial score (nSPS) is 13.5. The number of carboxylic acid groups (broad SMARTS) is 1. The number of hydrogen-bond acceptors (Lipinski definition) is 3. The zero-order valence-corrected chi connectivity index (χ0v) is 13.4. The summed E-state index contributed by atoms with van der Waals surface area (Å²) >= 11 is 6.18. The molecule has 4 nitrogen and oxygen atoms in total. The maximum atomic E-state index is 12.2. The molecule has 1 N–H and O–H groups in total. The molecule has 0 spiro atoms. The van der Waals surface area contributed by atoms with E-state index in [1.807, 2.05) is 19.9 Å². The molecule has 1 aromatic carbocycles. The third kappa shape index (κ3) is 3.97. The maximum absolute atomic E-state index is 12.2. The maximum Gasteiger partial charge on any atom is 0.323 e. The van der Waals surface area contributed by atoms with Crippen molar-refractivity contribution in [1.82, 2.24) is 0 Å². The molecule has 0 radical (unpaired) electrons. The summed E-state index contributed by atoms with van der Waals surface area (Å²) in [7, 11) is 0. The monoisotopic (exact) mass is 312 g/mol. The van der Waals surface area contributed by atoms with Gasteiger partial charge in [0, 0.05) is 11.4 Å². The van der Waals surface area contributed by atoms with Crippen molar-refractivity contribution in [3.63, 3.8) is 0 Å². The van der Waals surface area contributed by atoms with Crippen molar-refractivity contribution in [1.29, 1.82) is 0 Å². The number of esters is 1. The van der Waals surface area contributed by atoms with E-state index in [0.717, 1.165) is 5.56 Å². The number of aryl methyl sites for hydroxylation is 1. The van der Waals surface area contributed by atoms with Crippen LogP contribution in [0, 0.1) is 12.3 Å². The Morgan fingerprint density at radius 3 is 2.48 bits per heavy atom. The first-order chi connectivity index (χ1) is 9.87. The van der Waals surface area contributed by atoms with Crippen LogP contribution in [-0.4, -0.2) is 23.7 Å². The Hall–Kier alpha value is -1.55. The van der Waals surface area contributed by atoms with Gasteiger partial charge in [0.25, 0.3) is 0 Å². The Labute approximate surface area is 130 Å². The van der Waals surface area contributed by atoms with Gasteiger partial charge >= 0.3 is 11.9 Å². The quantitative estimate of drug-likeness (QED) is 0.617. The molecule has 0 saturated heterocycles. The average Bonchev–Trinajstić information content (AvgIpc) is 2.40. The SMILES string of the molecule is CCCC(Cc1ccc(C)cc1Cl)(C(=O)O)C(=O)OCC. The number of hydrogen-bond donors (Lipinski definition) is 1. The van der Waals surface area contributed by atoms with Gasteiger partial charge < -0.3 is 9.84 Å². The van der Waals surface area contributed by atoms with Crippen molar-refractivity contribution < 1.29 is 19.4 Å². The molecule has 0 aliphatic rings. The summed E-state index contributed by atoms with van der Waals surface area (Å²) < 4.78 is 4.99. The van der Waals surface area contributed by atoms with Crippen molar-refractivity contribution in [2.75, 3.05) is 6.61 Å². The minimum Gasteiger partial charge on any atom is -0.480 e. The van der Waals surface area contributed by atoms with E-state index in [2.05, 4.69) is 0 Å². The number of carbonyl (C=O) groups excluding carboxylic acids is 1. The van der Waals surface area contributed by atoms with Gasteiger partial charge in [-0.15, -0.1) is 0 Å². The van der Waals surface area contributed by atoms with Crippen LogP contribution in [0.1, 0.15) is 37.8 Å². The predicted octanol–water partition coefficient (Wildman–Crippen LogP) is 3.63. The lowest BCUT2D eigenvalue weighted by molar-refractivity contribution is -0.169. The van der Waals surface area contributed by atoms with Gasteiger partial charge in [0.1, 0.15) is 0 Å². The molecule has 0 aliphatic carbocycles. The fraction of sp³-hybridized carbons (Fsp3) is 0.500. The third-order valence-corrected chi connectivity index (χ3v) is 3.80. The lowest BCUT2D eigenvalue weighted by atomic mass is 9.77. The molecular weight excluding hydrogens is 292 g/mol. The Balaban J connectivity index is 3.22. The van der Waals surface area contributed by atoms with Crippen molar-refractivity contribution in [2.24, 2.45) is 5.41 Å². The van der Waals surface area contributed by atoms with Crippen molar-refractivity contribution in [2.45, 2.75) is 40.0 Å². The van der Waals surface area contributed by atoms with E-state index in [4.69, 9.17) is 16.3 Å². The number of halogens is 1. The minimum absolute atomic E-state index is 0.0358. The van der Waals surface area contributed by atoms with Crippen molar-refractivity contribution in [3.8, 4) is 0 Å². The molecule has 1 unspecified atom stereocenters. The highest BCUT2D eigenvalue weighted by atomic mass is 35.5. The Kier molecular flexibility index (Phi) is 6.21. The smallest absolute Gasteiger partial charge is 0.323 e. The van der Waals surface area contributed by atoms with Gasteiger partial charge in [-0.1, -0.05) is 37.1 Å². The molecule has 5 heteroatoms. The molecular formula is C16H21ClO4. The number of aliphatic carboxylic acids is 1. The van der Waals surface area contributed by atoms with Gasteiger partial charge in [-0.2, -0.15) is 0 Å². The lowest BCUT2D eigenvalue weighted by Crippen LogP contribution is -2.42. The fourth-order valence-electron chi connectivity index (χ4n) is 2.35. The summed E-state index contributed by atoms with van der Waals surface area (Å²) in [5, 5.41) is 10.1. The summed E-state index contributed by atoms with van der Waals surface area (Å²) in [5.41, 5.74) is 0.0476. The molecule has 0 amide bonds. The third-order valence-electron chi connectivity index (χ3n) is 3.45. The van der Waals surface area contributed by atoms with Crippen molar-refractivity contribution >= 4 is 23.5 Å². The minimum atomic E-state index is -1.58. The first-order valence-corrected chi connectivity index (χ1v) is 7.40. The summed E-state index contributed by atoms with van der Waals surface area (Å²) in [6.45, 7) is 5.56. The van der Waals surface area contributed by atoms with Crippen LogP contribution in [0.5, 0.6) is 0 Å². The molecule has 0 saturated carbocycles. The van der Waals surface area contributed by atoms with Gasteiger partial charge in [-0.3, -0.25) is 9.59 Å². The van der Waals surface area contributed by atoms with E-state index < -0.39 is 17.4 Å². The van der Waals surface area contributed by atoms with E-state index in [1.165, 1.54) is 0 Å². The van der Waals surface area contributed by atoms with E-state index in [1.54, 1.807) is 19.1 Å². The van der Waals surface area contributed by atoms with Crippen LogP contribution in [-0.2, 0) is 20.7 Å². The number of benzene rings is 1. The fourth-order valence-corrected chi connectivity index (χ4v) is 2.65. The summed E-state index contributed by atoms with van der Waals surface area (Å²) in [6, 6.07) is 5.38. The van der Waals surface area contributed by atoms with Crippen LogP contribution >= 0.6 is 11.6 Å². The summed E-state index contributed by atoms with van der Waals surface area (Å²) in [6.07, 6.45) is 0.814. The molecule has 21 heavy (non-hydrogen) atoms. The first-order valence-electron chi connectivity index (χ1n) is 7.03. The lowest BCUT2D eigenvalue weighted by Gasteiger charge is -2.27. The highest BCUT2D eigenvalue weighted by Gasteiger charge is 2.47. The van der Waals surface area contributed by atoms with E-state index in [0.29, 0.717) is 17.0 Å². The molecule has 0 aromatic heterocycles. The molecule has 0 fully saturated rings. The van der Waals surface area contributed by atoms with Crippen LogP contribution in [0.15, 0.2) is 18.2 Å². The molecule has 0 aliphatic heterocycles. The molecule has 0 heterocycles. The number of carboxylic acids is 1. The zero-order valence-electron chi connectivity index (χ0n) is 12.6. The van der Waals surface area contributed by atoms with Gasteiger partial charge in [-0.05, 0) is 37.5 Å². The van der Waals surface area contributed by atoms with Crippen LogP contribution in [0.25, 0.3) is 0 Å². The summed E-state index contributed by atoms with van der Waals surface area (Å²) in [5.74, 6) is -1.87. The van der Waals surface area contributed by atoms with Crippen LogP contribution in [0.3, 0.4) is 0 Å². The second-order valence-corrected chi connectivity index (χ2v) is 5.54. The largest absolute Gasteiger partial charge is 0.480 e. The van der Waals surface area contributed by atoms with E-state index >= 15 is 0 Å². The van der Waals surface area contributed by atoms with Crippen LogP contribution in [0.2, 0.25) is 5.02 Å². The zero-order chi connectivity index (χ0) is 16.0. The second-order valence-electron chi connectivity index (χ2n) is 5.13. The Morgan fingerprint density at radius 2 is 2.00 bits per heavy atom. The van der Waals surface area contributed by atoms with Gasteiger partial charge in [0.15, 0.2) is 5.41 Å². The predicted molar refractivity (Wildman–Crippen MR) is 81.5 cm³/mol. The van der Waals surface area contributed by atoms with E-state index in [9.17, 15) is 14.7 Å². The van der Waals surface area contributed by atoms with Crippen LogP contribution < -0.4 is 0 Å².